The highest BCUT2D eigenvalue weighted by molar-refractivity contribution is 5.95. The van der Waals surface area contributed by atoms with Crippen LogP contribution < -0.4 is 10.9 Å². The van der Waals surface area contributed by atoms with E-state index >= 15 is 0 Å². The fourth-order valence-electron chi connectivity index (χ4n) is 4.73. The molecule has 0 saturated carbocycles. The number of carboxylic acids is 1. The first kappa shape index (κ1) is 28.9. The van der Waals surface area contributed by atoms with E-state index in [4.69, 9.17) is 5.11 Å². The van der Waals surface area contributed by atoms with Gasteiger partial charge in [-0.2, -0.15) is 0 Å². The minimum atomic E-state index is -1.03. The van der Waals surface area contributed by atoms with Gasteiger partial charge in [-0.15, -0.1) is 0 Å². The summed E-state index contributed by atoms with van der Waals surface area (Å²) in [6.45, 7) is 1.81. The minimum absolute atomic E-state index is 0.102. The van der Waals surface area contributed by atoms with Crippen LogP contribution in [0.1, 0.15) is 41.0 Å². The molecule has 41 heavy (non-hydrogen) atoms. The van der Waals surface area contributed by atoms with Gasteiger partial charge in [0.2, 0.25) is 11.5 Å². The number of amides is 1. The Bertz CT molecular complexity index is 1640. The van der Waals surface area contributed by atoms with E-state index in [0.29, 0.717) is 17.0 Å². The Hall–Kier alpha value is -5.05. The molecule has 1 amide bonds. The SMILES string of the molecule is Cc1cc(F)ccc1C(/C(Cc1ccc(=O)n(C)c1)=N/O)c1ccc(-c2ccc(NC(=O)CCC(=O)O)cc2)cc1. The van der Waals surface area contributed by atoms with Gasteiger partial charge in [0.25, 0.3) is 0 Å². The van der Waals surface area contributed by atoms with Crippen LogP contribution in [0.15, 0.2) is 95.0 Å². The summed E-state index contributed by atoms with van der Waals surface area (Å²) >= 11 is 0. The Morgan fingerprint density at radius 3 is 2.20 bits per heavy atom. The standard InChI is InChI=1S/C32H30FN3O5/c1-20-17-25(33)10-13-27(20)32(28(35-41)18-21-3-15-30(38)36(2)19-21)24-6-4-22(5-7-24)23-8-11-26(12-9-23)34-29(37)14-16-31(39)40/h3-13,15,17,19,32,41H,14,16,18H2,1-2H3,(H,34,37)(H,39,40)/b35-28+. The van der Waals surface area contributed by atoms with E-state index in [2.05, 4.69) is 10.5 Å². The second-order valence-corrected chi connectivity index (χ2v) is 9.83. The maximum absolute atomic E-state index is 14.0. The second kappa shape index (κ2) is 12.9. The number of carboxylic acid groups (broad SMARTS) is 1. The van der Waals surface area contributed by atoms with E-state index in [1.807, 2.05) is 43.3 Å². The first-order valence-corrected chi connectivity index (χ1v) is 13.0. The molecule has 3 N–H and O–H groups in total. The van der Waals surface area contributed by atoms with E-state index in [0.717, 1.165) is 27.8 Å². The lowest BCUT2D eigenvalue weighted by molar-refractivity contribution is -0.138. The summed E-state index contributed by atoms with van der Waals surface area (Å²) in [5, 5.41) is 25.2. The molecular weight excluding hydrogens is 525 g/mol. The van der Waals surface area contributed by atoms with Crippen LogP contribution in [-0.2, 0) is 23.1 Å². The van der Waals surface area contributed by atoms with Crippen LogP contribution in [-0.4, -0.2) is 32.5 Å². The minimum Gasteiger partial charge on any atom is -0.481 e. The molecule has 0 bridgehead atoms. The number of benzene rings is 3. The van der Waals surface area contributed by atoms with Crippen LogP contribution in [0.25, 0.3) is 11.1 Å². The number of anilines is 1. The van der Waals surface area contributed by atoms with Crippen molar-refractivity contribution in [3.05, 3.63) is 123 Å². The molecule has 3 aromatic carbocycles. The number of aliphatic carboxylic acids is 1. The van der Waals surface area contributed by atoms with Gasteiger partial charge in [-0.1, -0.05) is 53.7 Å². The molecule has 0 fully saturated rings. The van der Waals surface area contributed by atoms with Crippen LogP contribution in [0.3, 0.4) is 0 Å². The topological polar surface area (TPSA) is 121 Å². The zero-order chi connectivity index (χ0) is 29.5. The predicted octanol–water partition coefficient (Wildman–Crippen LogP) is 5.51. The number of carbonyl (C=O) groups is 2. The lowest BCUT2D eigenvalue weighted by Crippen LogP contribution is -2.20. The monoisotopic (exact) mass is 555 g/mol. The summed E-state index contributed by atoms with van der Waals surface area (Å²) in [5.74, 6) is -2.23. The van der Waals surface area contributed by atoms with Gasteiger partial charge in [0.05, 0.1) is 18.1 Å². The maximum atomic E-state index is 14.0. The van der Waals surface area contributed by atoms with Gasteiger partial charge in [-0.3, -0.25) is 14.4 Å². The maximum Gasteiger partial charge on any atom is 0.303 e. The number of aryl methyl sites for hydroxylation is 2. The van der Waals surface area contributed by atoms with Crippen molar-refractivity contribution in [3.63, 3.8) is 0 Å². The highest BCUT2D eigenvalue weighted by atomic mass is 19.1. The lowest BCUT2D eigenvalue weighted by Gasteiger charge is -2.22. The summed E-state index contributed by atoms with van der Waals surface area (Å²) in [6.07, 6.45) is 1.63. The van der Waals surface area contributed by atoms with Gasteiger partial charge in [-0.25, -0.2) is 4.39 Å². The average Bonchev–Trinajstić information content (AvgIpc) is 2.95. The lowest BCUT2D eigenvalue weighted by atomic mass is 9.82. The van der Waals surface area contributed by atoms with Crippen molar-refractivity contribution in [1.82, 2.24) is 4.57 Å². The van der Waals surface area contributed by atoms with Crippen molar-refractivity contribution in [2.45, 2.75) is 32.1 Å². The molecular formula is C32H30FN3O5. The number of nitrogens with one attached hydrogen (secondary N) is 1. The summed E-state index contributed by atoms with van der Waals surface area (Å²) in [6, 6.07) is 22.6. The van der Waals surface area contributed by atoms with Crippen molar-refractivity contribution >= 4 is 23.3 Å². The van der Waals surface area contributed by atoms with Crippen molar-refractivity contribution in [2.75, 3.05) is 5.32 Å². The van der Waals surface area contributed by atoms with Crippen LogP contribution >= 0.6 is 0 Å². The van der Waals surface area contributed by atoms with Gasteiger partial charge in [0.1, 0.15) is 5.82 Å². The number of pyridine rings is 1. The number of halogens is 1. The second-order valence-electron chi connectivity index (χ2n) is 9.83. The summed E-state index contributed by atoms with van der Waals surface area (Å²) in [7, 11) is 1.65. The van der Waals surface area contributed by atoms with Crippen LogP contribution in [0.5, 0.6) is 0 Å². The molecule has 0 spiro atoms. The highest BCUT2D eigenvalue weighted by Gasteiger charge is 2.24. The number of hydrogen-bond donors (Lipinski definition) is 3. The number of nitrogens with zero attached hydrogens (tertiary/aromatic N) is 2. The molecule has 8 nitrogen and oxygen atoms in total. The molecule has 4 rings (SSSR count). The molecule has 1 unspecified atom stereocenters. The van der Waals surface area contributed by atoms with Gasteiger partial charge in [0, 0.05) is 37.8 Å². The van der Waals surface area contributed by atoms with Crippen LogP contribution in [0, 0.1) is 12.7 Å². The van der Waals surface area contributed by atoms with Crippen molar-refractivity contribution < 1.29 is 24.3 Å². The summed E-state index contributed by atoms with van der Waals surface area (Å²) in [5.41, 5.74) is 5.79. The molecule has 1 atom stereocenters. The van der Waals surface area contributed by atoms with Gasteiger partial charge < -0.3 is 20.2 Å². The van der Waals surface area contributed by atoms with Gasteiger partial charge >= 0.3 is 5.97 Å². The number of oxime groups is 1. The third-order valence-corrected chi connectivity index (χ3v) is 6.85. The smallest absolute Gasteiger partial charge is 0.303 e. The van der Waals surface area contributed by atoms with Crippen LogP contribution in [0.4, 0.5) is 10.1 Å². The molecule has 0 saturated heterocycles. The fraction of sp³-hybridized carbons (Fsp3) is 0.188. The molecule has 1 heterocycles. The molecule has 9 heteroatoms. The van der Waals surface area contributed by atoms with E-state index in [-0.39, 0.29) is 36.5 Å². The number of hydrogen-bond acceptors (Lipinski definition) is 5. The van der Waals surface area contributed by atoms with E-state index in [1.54, 1.807) is 37.5 Å². The number of carbonyl (C=O) groups excluding carboxylic acids is 1. The number of rotatable bonds is 10. The Balaban J connectivity index is 1.62. The highest BCUT2D eigenvalue weighted by Crippen LogP contribution is 2.32. The van der Waals surface area contributed by atoms with Crippen molar-refractivity contribution in [2.24, 2.45) is 12.2 Å². The van der Waals surface area contributed by atoms with Gasteiger partial charge in [-0.05, 0) is 64.6 Å². The molecule has 0 aliphatic rings. The van der Waals surface area contributed by atoms with Crippen molar-refractivity contribution in [3.8, 4) is 11.1 Å². The van der Waals surface area contributed by atoms with E-state index in [1.165, 1.54) is 22.8 Å². The summed E-state index contributed by atoms with van der Waals surface area (Å²) in [4.78, 5) is 34.4. The fourth-order valence-corrected chi connectivity index (χ4v) is 4.73. The first-order chi connectivity index (χ1) is 19.6. The van der Waals surface area contributed by atoms with Crippen LogP contribution in [0.2, 0.25) is 0 Å². The molecule has 1 aromatic heterocycles. The molecule has 0 aliphatic heterocycles. The average molecular weight is 556 g/mol. The Morgan fingerprint density at radius 1 is 0.951 bits per heavy atom. The Kier molecular flexibility index (Phi) is 9.08. The molecule has 0 radical (unpaired) electrons. The molecule has 0 aliphatic carbocycles. The Morgan fingerprint density at radius 2 is 1.61 bits per heavy atom. The zero-order valence-corrected chi connectivity index (χ0v) is 22.7. The van der Waals surface area contributed by atoms with E-state index in [9.17, 15) is 24.0 Å². The largest absolute Gasteiger partial charge is 0.481 e. The molecule has 4 aromatic rings. The normalized spacial score (nSPS) is 12.1. The quantitative estimate of drug-likeness (QED) is 0.135. The first-order valence-electron chi connectivity index (χ1n) is 13.0. The zero-order valence-electron chi connectivity index (χ0n) is 22.7. The number of aromatic nitrogens is 1. The Labute approximate surface area is 236 Å². The van der Waals surface area contributed by atoms with E-state index < -0.39 is 11.9 Å². The predicted molar refractivity (Wildman–Crippen MR) is 155 cm³/mol. The molecule has 210 valence electrons. The third kappa shape index (κ3) is 7.33. The third-order valence-electron chi connectivity index (χ3n) is 6.85. The van der Waals surface area contributed by atoms with Gasteiger partial charge in [0.15, 0.2) is 0 Å². The summed E-state index contributed by atoms with van der Waals surface area (Å²) < 4.78 is 15.4. The van der Waals surface area contributed by atoms with Crippen molar-refractivity contribution in [1.29, 1.82) is 0 Å².